The second-order valence-electron chi connectivity index (χ2n) is 10.7. The maximum Gasteiger partial charge on any atom is 0.410 e. The number of rotatable bonds is 5. The van der Waals surface area contributed by atoms with Crippen molar-refractivity contribution in [1.29, 1.82) is 5.26 Å². The zero-order chi connectivity index (χ0) is 27.7. The first-order valence-electron chi connectivity index (χ1n) is 13.5. The minimum atomic E-state index is -1.41. The van der Waals surface area contributed by atoms with Crippen LogP contribution in [-0.4, -0.2) is 63.0 Å². The van der Waals surface area contributed by atoms with Crippen LogP contribution in [0.15, 0.2) is 59.8 Å². The van der Waals surface area contributed by atoms with Crippen LogP contribution in [0.3, 0.4) is 0 Å². The lowest BCUT2D eigenvalue weighted by Gasteiger charge is -2.42. The largest absolute Gasteiger partial charge is 0.609 e. The molecule has 3 aliphatic rings. The summed E-state index contributed by atoms with van der Waals surface area (Å²) in [6.45, 7) is 1.46. The van der Waals surface area contributed by atoms with Gasteiger partial charge in [0.25, 0.3) is 0 Å². The van der Waals surface area contributed by atoms with Gasteiger partial charge < -0.3 is 23.8 Å². The number of anilines is 1. The Morgan fingerprint density at radius 1 is 1.15 bits per heavy atom. The smallest absolute Gasteiger partial charge is 0.410 e. The Bertz CT molecular complexity index is 1420. The van der Waals surface area contributed by atoms with E-state index in [0.717, 1.165) is 36.8 Å². The Hall–Kier alpha value is -3.81. The normalized spacial score (nSPS) is 19.8. The van der Waals surface area contributed by atoms with Crippen LogP contribution in [0.2, 0.25) is 0 Å². The number of carbonyl (C=O) groups excluding carboxylic acids is 1. The summed E-state index contributed by atoms with van der Waals surface area (Å²) in [5, 5.41) is 9.78. The second-order valence-corrected chi connectivity index (χ2v) is 11.9. The summed E-state index contributed by atoms with van der Waals surface area (Å²) in [7, 11) is 0. The summed E-state index contributed by atoms with van der Waals surface area (Å²) in [6, 6.07) is 19.8. The first kappa shape index (κ1) is 26.4. The highest BCUT2D eigenvalue weighted by Gasteiger charge is 2.44. The van der Waals surface area contributed by atoms with Crippen LogP contribution in [0.4, 0.5) is 10.6 Å². The number of ether oxygens (including phenoxy) is 2. The van der Waals surface area contributed by atoms with Crippen LogP contribution in [0.25, 0.3) is 0 Å². The molecule has 1 spiro atoms. The van der Waals surface area contributed by atoms with Gasteiger partial charge in [0, 0.05) is 43.7 Å². The van der Waals surface area contributed by atoms with Gasteiger partial charge in [0.05, 0.1) is 24.1 Å². The Balaban J connectivity index is 1.23. The molecule has 2 aliphatic heterocycles. The van der Waals surface area contributed by atoms with Crippen LogP contribution in [0.1, 0.15) is 35.1 Å². The van der Waals surface area contributed by atoms with Crippen molar-refractivity contribution >= 4 is 23.1 Å². The van der Waals surface area contributed by atoms with E-state index in [-0.39, 0.29) is 29.8 Å². The molecule has 3 aromatic rings. The first-order chi connectivity index (χ1) is 19.4. The van der Waals surface area contributed by atoms with Crippen LogP contribution in [-0.2, 0) is 41.8 Å². The summed E-state index contributed by atoms with van der Waals surface area (Å²) in [4.78, 5) is 26.0. The van der Waals surface area contributed by atoms with Crippen molar-refractivity contribution in [3.63, 3.8) is 0 Å². The Morgan fingerprint density at radius 2 is 1.88 bits per heavy atom. The highest BCUT2D eigenvalue weighted by molar-refractivity contribution is 7.90. The number of nitrogens with zero attached hydrogens (tertiary/aromatic N) is 5. The number of carbonyl (C=O) groups is 1. The lowest BCUT2D eigenvalue weighted by Crippen LogP contribution is -2.56. The van der Waals surface area contributed by atoms with Gasteiger partial charge in [-0.1, -0.05) is 54.6 Å². The maximum atomic E-state index is 13.0. The summed E-state index contributed by atoms with van der Waals surface area (Å²) in [5.41, 5.74) is 4.04. The molecule has 1 aliphatic carbocycles. The molecule has 0 radical (unpaired) electrons. The molecule has 40 heavy (non-hydrogen) atoms. The zero-order valence-corrected chi connectivity index (χ0v) is 23.2. The molecule has 0 saturated carbocycles. The Labute approximate surface area is 236 Å². The van der Waals surface area contributed by atoms with Gasteiger partial charge in [0.15, 0.2) is 0 Å². The van der Waals surface area contributed by atoms with Gasteiger partial charge in [-0.15, -0.1) is 4.98 Å². The molecule has 10 heteroatoms. The fourth-order valence-electron chi connectivity index (χ4n) is 6.01. The first-order valence-corrected chi connectivity index (χ1v) is 15.1. The number of hydrogen-bond donors (Lipinski definition) is 0. The number of piperazine rings is 1. The van der Waals surface area contributed by atoms with E-state index >= 15 is 0 Å². The van der Waals surface area contributed by atoms with Gasteiger partial charge in [-0.2, -0.15) is 10.2 Å². The number of benzene rings is 2. The van der Waals surface area contributed by atoms with Crippen molar-refractivity contribution in [2.24, 2.45) is 0 Å². The van der Waals surface area contributed by atoms with Crippen molar-refractivity contribution < 1.29 is 18.8 Å². The van der Waals surface area contributed by atoms with E-state index in [1.165, 1.54) is 11.1 Å². The molecule has 2 aromatic carbocycles. The third-order valence-corrected chi connectivity index (χ3v) is 8.72. The van der Waals surface area contributed by atoms with Gasteiger partial charge in [-0.25, -0.2) is 4.79 Å². The third-order valence-electron chi connectivity index (χ3n) is 8.02. The van der Waals surface area contributed by atoms with E-state index in [1.54, 1.807) is 11.2 Å². The van der Waals surface area contributed by atoms with E-state index in [1.807, 2.05) is 30.3 Å². The lowest BCUT2D eigenvalue weighted by molar-refractivity contribution is 0.0496. The molecular formula is C30H31N5O4S. The van der Waals surface area contributed by atoms with E-state index in [4.69, 9.17) is 14.5 Å². The van der Waals surface area contributed by atoms with Gasteiger partial charge in [-0.05, 0) is 29.5 Å². The van der Waals surface area contributed by atoms with E-state index in [0.29, 0.717) is 31.3 Å². The molecule has 206 valence electrons. The average Bonchev–Trinajstić information content (AvgIpc) is 3.33. The SMILES string of the molecule is C[S+]([O-])c1nc2c(c(N3CCN(C(=O)OCc4ccccc4)[C@@H](CC#N)C3)n1)CCC1(Cc3ccccc3C1)O2. The fourth-order valence-corrected chi connectivity index (χ4v) is 6.44. The molecule has 0 N–H and O–H groups in total. The zero-order valence-electron chi connectivity index (χ0n) is 22.4. The second kappa shape index (κ2) is 11.0. The van der Waals surface area contributed by atoms with Crippen LogP contribution < -0.4 is 9.64 Å². The van der Waals surface area contributed by atoms with Gasteiger partial charge >= 0.3 is 11.2 Å². The highest BCUT2D eigenvalue weighted by Crippen LogP contribution is 2.44. The molecule has 1 unspecified atom stereocenters. The van der Waals surface area contributed by atoms with Crippen molar-refractivity contribution in [2.45, 2.75) is 55.5 Å². The van der Waals surface area contributed by atoms with Crippen molar-refractivity contribution in [2.75, 3.05) is 30.8 Å². The van der Waals surface area contributed by atoms with Gasteiger partial charge in [-0.3, -0.25) is 0 Å². The molecule has 0 bridgehead atoms. The van der Waals surface area contributed by atoms with Gasteiger partial charge in [0.1, 0.15) is 24.3 Å². The van der Waals surface area contributed by atoms with Crippen molar-refractivity contribution in [1.82, 2.24) is 14.9 Å². The molecule has 6 rings (SSSR count). The summed E-state index contributed by atoms with van der Waals surface area (Å²) in [5.74, 6) is 1.18. The minimum Gasteiger partial charge on any atom is -0.609 e. The van der Waals surface area contributed by atoms with E-state index < -0.39 is 17.3 Å². The molecule has 1 aromatic heterocycles. The molecule has 2 atom stereocenters. The summed E-state index contributed by atoms with van der Waals surface area (Å²) in [6.07, 6.45) is 4.49. The number of amides is 1. The third kappa shape index (κ3) is 5.19. The number of nitriles is 1. The lowest BCUT2D eigenvalue weighted by atomic mass is 9.89. The molecular weight excluding hydrogens is 526 g/mol. The Kier molecular flexibility index (Phi) is 7.26. The van der Waals surface area contributed by atoms with Crippen molar-refractivity contribution in [3.05, 3.63) is 76.9 Å². The maximum absolute atomic E-state index is 13.0. The summed E-state index contributed by atoms with van der Waals surface area (Å²) >= 11 is -1.41. The quantitative estimate of drug-likeness (QED) is 0.344. The monoisotopic (exact) mass is 557 g/mol. The molecule has 1 saturated heterocycles. The minimum absolute atomic E-state index is 0.161. The van der Waals surface area contributed by atoms with Crippen LogP contribution >= 0.6 is 0 Å². The number of hydrogen-bond acceptors (Lipinski definition) is 8. The topological polar surface area (TPSA) is 115 Å². The summed E-state index contributed by atoms with van der Waals surface area (Å²) < 4.78 is 24.8. The fraction of sp³-hybridized carbons (Fsp3) is 0.400. The average molecular weight is 558 g/mol. The van der Waals surface area contributed by atoms with Crippen molar-refractivity contribution in [3.8, 4) is 11.9 Å². The molecule has 3 heterocycles. The van der Waals surface area contributed by atoms with E-state index in [2.05, 4.69) is 40.2 Å². The molecule has 1 fully saturated rings. The van der Waals surface area contributed by atoms with E-state index in [9.17, 15) is 14.6 Å². The molecule has 1 amide bonds. The predicted molar refractivity (Wildman–Crippen MR) is 149 cm³/mol. The molecule has 9 nitrogen and oxygen atoms in total. The number of fused-ring (bicyclic) bond motifs is 2. The number of aromatic nitrogens is 2. The Morgan fingerprint density at radius 3 is 2.58 bits per heavy atom. The standard InChI is InChI=1S/C30H31N5O4S/c1-40(37)28-32-26(25-11-13-30(39-27(25)33-28)17-22-9-5-6-10-23(22)18-30)34-15-16-35(24(19-34)12-14-31)29(36)38-20-21-7-3-2-4-8-21/h2-10,24H,11-13,15-20H2,1H3/t24-,40?/m0/s1. The van der Waals surface area contributed by atoms with Gasteiger partial charge in [0.2, 0.25) is 5.88 Å². The van der Waals surface area contributed by atoms with Crippen LogP contribution in [0, 0.1) is 11.3 Å². The predicted octanol–water partition coefficient (Wildman–Crippen LogP) is 3.82. The highest BCUT2D eigenvalue weighted by atomic mass is 32.2. The van der Waals surface area contributed by atoms with Crippen LogP contribution in [0.5, 0.6) is 5.88 Å².